The van der Waals surface area contributed by atoms with Crippen LogP contribution in [-0.4, -0.2) is 24.0 Å². The summed E-state index contributed by atoms with van der Waals surface area (Å²) in [5.74, 6) is 0.203. The molecular weight excluding hydrogens is 431 g/mol. The van der Waals surface area contributed by atoms with Crippen molar-refractivity contribution in [2.75, 3.05) is 18.0 Å². The van der Waals surface area contributed by atoms with Crippen LogP contribution >= 0.6 is 0 Å². The van der Waals surface area contributed by atoms with Crippen molar-refractivity contribution in [1.29, 1.82) is 0 Å². The number of carbonyl (C=O) groups excluding carboxylic acids is 1. The number of nitrogens with two attached hydrogens (primary N) is 1. The Kier molecular flexibility index (Phi) is 7.71. The highest BCUT2D eigenvalue weighted by Gasteiger charge is 2.38. The van der Waals surface area contributed by atoms with Crippen LogP contribution in [0.2, 0.25) is 0 Å². The number of nitrogens with zero attached hydrogens (tertiary/aromatic N) is 2. The minimum atomic E-state index is -4.74. The Balaban J connectivity index is 1.75. The molecule has 2 N–H and O–H groups in total. The van der Waals surface area contributed by atoms with E-state index < -0.39 is 23.3 Å². The lowest BCUT2D eigenvalue weighted by Gasteiger charge is -2.24. The summed E-state index contributed by atoms with van der Waals surface area (Å²) in [6, 6.07) is 17.1. The van der Waals surface area contributed by atoms with Gasteiger partial charge in [0, 0.05) is 25.0 Å². The van der Waals surface area contributed by atoms with Crippen LogP contribution in [0.3, 0.4) is 0 Å². The number of halogens is 3. The summed E-state index contributed by atoms with van der Waals surface area (Å²) in [7, 11) is 0. The molecule has 0 aliphatic rings. The largest absolute Gasteiger partial charge is 0.489 e. The monoisotopic (exact) mass is 457 g/mol. The van der Waals surface area contributed by atoms with E-state index in [1.807, 2.05) is 12.1 Å². The van der Waals surface area contributed by atoms with Gasteiger partial charge in [-0.05, 0) is 53.4 Å². The number of hydrogen-bond donors (Lipinski definition) is 1. The molecular formula is C25H26F3N3O2. The predicted molar refractivity (Wildman–Crippen MR) is 121 cm³/mol. The highest BCUT2D eigenvalue weighted by atomic mass is 19.4. The molecule has 33 heavy (non-hydrogen) atoms. The molecule has 0 saturated carbocycles. The van der Waals surface area contributed by atoms with Gasteiger partial charge in [-0.25, -0.2) is 0 Å². The predicted octanol–water partition coefficient (Wildman–Crippen LogP) is 5.41. The lowest BCUT2D eigenvalue weighted by atomic mass is 10.0. The van der Waals surface area contributed by atoms with Crippen LogP contribution in [0.5, 0.6) is 5.75 Å². The Morgan fingerprint density at radius 3 is 2.30 bits per heavy atom. The van der Waals surface area contributed by atoms with Crippen molar-refractivity contribution in [3.63, 3.8) is 0 Å². The summed E-state index contributed by atoms with van der Waals surface area (Å²) in [4.78, 5) is 17.5. The van der Waals surface area contributed by atoms with Gasteiger partial charge in [0.05, 0.1) is 5.56 Å². The molecule has 8 heteroatoms. The number of carbonyl (C=O) groups is 1. The van der Waals surface area contributed by atoms with E-state index >= 15 is 0 Å². The topological polar surface area (TPSA) is 68.5 Å². The molecule has 0 spiro atoms. The van der Waals surface area contributed by atoms with Crippen molar-refractivity contribution in [2.24, 2.45) is 5.73 Å². The van der Waals surface area contributed by atoms with Gasteiger partial charge in [-0.15, -0.1) is 0 Å². The van der Waals surface area contributed by atoms with Crippen LogP contribution in [0.15, 0.2) is 66.9 Å². The first-order valence-electron chi connectivity index (χ1n) is 10.6. The number of alkyl halides is 3. The maximum atomic E-state index is 13.3. The van der Waals surface area contributed by atoms with Crippen molar-refractivity contribution in [3.05, 3.63) is 89.2 Å². The fourth-order valence-electron chi connectivity index (χ4n) is 3.31. The average molecular weight is 457 g/mol. The van der Waals surface area contributed by atoms with Crippen molar-refractivity contribution in [3.8, 4) is 5.75 Å². The maximum Gasteiger partial charge on any atom is 0.434 e. The molecule has 0 saturated heterocycles. The molecule has 0 fully saturated rings. The Morgan fingerprint density at radius 1 is 1.06 bits per heavy atom. The molecule has 0 atom stereocenters. The molecule has 2 aromatic carbocycles. The molecule has 5 nitrogen and oxygen atoms in total. The Labute approximate surface area is 191 Å². The van der Waals surface area contributed by atoms with Gasteiger partial charge in [-0.3, -0.25) is 9.78 Å². The third-order valence-electron chi connectivity index (χ3n) is 5.10. The van der Waals surface area contributed by atoms with Gasteiger partial charge in [-0.1, -0.05) is 38.1 Å². The smallest absolute Gasteiger partial charge is 0.434 e. The zero-order chi connectivity index (χ0) is 24.0. The highest BCUT2D eigenvalue weighted by Crippen LogP contribution is 2.31. The summed E-state index contributed by atoms with van der Waals surface area (Å²) in [6.45, 7) is 4.76. The van der Waals surface area contributed by atoms with E-state index in [1.54, 1.807) is 24.3 Å². The number of ether oxygens (including phenoxy) is 1. The van der Waals surface area contributed by atoms with Crippen molar-refractivity contribution < 1.29 is 22.7 Å². The molecule has 0 bridgehead atoms. The van der Waals surface area contributed by atoms with Crippen LogP contribution in [0, 0.1) is 0 Å². The number of aromatic nitrogens is 1. The number of hydrogen-bond acceptors (Lipinski definition) is 4. The van der Waals surface area contributed by atoms with Gasteiger partial charge in [0.15, 0.2) is 5.69 Å². The molecule has 0 unspecified atom stereocenters. The minimum Gasteiger partial charge on any atom is -0.489 e. The number of benzene rings is 2. The molecule has 174 valence electrons. The van der Waals surface area contributed by atoms with Crippen LogP contribution < -0.4 is 15.4 Å². The van der Waals surface area contributed by atoms with Gasteiger partial charge in [0.2, 0.25) is 0 Å². The van der Waals surface area contributed by atoms with Crippen LogP contribution in [0.4, 0.5) is 18.9 Å². The fraction of sp³-hybridized carbons (Fsp3) is 0.280. The number of anilines is 1. The lowest BCUT2D eigenvalue weighted by molar-refractivity contribution is -0.141. The van der Waals surface area contributed by atoms with E-state index in [9.17, 15) is 18.0 Å². The molecule has 0 aliphatic heterocycles. The average Bonchev–Trinajstić information content (AvgIpc) is 2.81. The van der Waals surface area contributed by atoms with Crippen LogP contribution in [0.25, 0.3) is 0 Å². The number of pyridine rings is 1. The summed E-state index contributed by atoms with van der Waals surface area (Å²) >= 11 is 0. The Hall–Kier alpha value is -3.39. The second kappa shape index (κ2) is 10.5. The highest BCUT2D eigenvalue weighted by molar-refractivity contribution is 6.07. The van der Waals surface area contributed by atoms with E-state index in [1.165, 1.54) is 16.5 Å². The normalized spacial score (nSPS) is 11.5. The first-order valence-corrected chi connectivity index (χ1v) is 10.6. The third kappa shape index (κ3) is 6.10. The maximum absolute atomic E-state index is 13.3. The molecule has 0 radical (unpaired) electrons. The molecule has 3 rings (SSSR count). The second-order valence-corrected chi connectivity index (χ2v) is 7.82. The van der Waals surface area contributed by atoms with Gasteiger partial charge < -0.3 is 15.4 Å². The Morgan fingerprint density at radius 2 is 1.73 bits per heavy atom. The lowest BCUT2D eigenvalue weighted by Crippen LogP contribution is -2.36. The molecule has 0 aliphatic carbocycles. The first kappa shape index (κ1) is 24.3. The van der Waals surface area contributed by atoms with E-state index in [2.05, 4.69) is 31.0 Å². The quantitative estimate of drug-likeness (QED) is 0.491. The van der Waals surface area contributed by atoms with E-state index in [4.69, 9.17) is 10.5 Å². The van der Waals surface area contributed by atoms with E-state index in [0.29, 0.717) is 24.0 Å². The van der Waals surface area contributed by atoms with Gasteiger partial charge >= 0.3 is 6.18 Å². The second-order valence-electron chi connectivity index (χ2n) is 7.82. The summed E-state index contributed by atoms with van der Waals surface area (Å²) in [6.07, 6.45) is -3.74. The first-order chi connectivity index (χ1) is 15.7. The zero-order valence-electron chi connectivity index (χ0n) is 18.5. The standard InChI is InChI=1S/C25H26F3N3O2/c1-17(2)19-7-5-18(6-8-19)16-33-21-11-9-20(10-12-21)31(15-13-29)24(32)22-4-3-14-30-23(22)25(26,27)28/h3-12,14,17H,13,15-16,29H2,1-2H3. The van der Waals surface area contributed by atoms with E-state index in [0.717, 1.165) is 17.8 Å². The van der Waals surface area contributed by atoms with Gasteiger partial charge in [-0.2, -0.15) is 13.2 Å². The fourth-order valence-corrected chi connectivity index (χ4v) is 3.31. The van der Waals surface area contributed by atoms with Crippen molar-refractivity contribution in [1.82, 2.24) is 4.98 Å². The van der Waals surface area contributed by atoms with Crippen molar-refractivity contribution >= 4 is 11.6 Å². The molecule has 3 aromatic rings. The summed E-state index contributed by atoms with van der Waals surface area (Å²) in [5.41, 5.74) is 6.55. The minimum absolute atomic E-state index is 0.0490. The van der Waals surface area contributed by atoms with Gasteiger partial charge in [0.25, 0.3) is 5.91 Å². The molecule has 1 heterocycles. The number of amides is 1. The van der Waals surface area contributed by atoms with Crippen molar-refractivity contribution in [2.45, 2.75) is 32.5 Å². The SMILES string of the molecule is CC(C)c1ccc(COc2ccc(N(CCN)C(=O)c3cccnc3C(F)(F)F)cc2)cc1. The summed E-state index contributed by atoms with van der Waals surface area (Å²) < 4.78 is 45.8. The Bertz CT molecular complexity index is 1070. The van der Waals surface area contributed by atoms with Gasteiger partial charge in [0.1, 0.15) is 12.4 Å². The molecule has 1 aromatic heterocycles. The zero-order valence-corrected chi connectivity index (χ0v) is 18.5. The number of rotatable bonds is 8. The van der Waals surface area contributed by atoms with E-state index in [-0.39, 0.29) is 13.1 Å². The van der Waals surface area contributed by atoms with Crippen LogP contribution in [-0.2, 0) is 12.8 Å². The van der Waals surface area contributed by atoms with Crippen LogP contribution in [0.1, 0.15) is 46.9 Å². The summed E-state index contributed by atoms with van der Waals surface area (Å²) in [5, 5.41) is 0. The molecule has 1 amide bonds. The third-order valence-corrected chi connectivity index (χ3v) is 5.10.